The molecule has 0 aliphatic heterocycles. The molecule has 0 radical (unpaired) electrons. The Kier molecular flexibility index (Phi) is 3.36. The van der Waals surface area contributed by atoms with Crippen molar-refractivity contribution >= 4 is 49.4 Å². The largest absolute Gasteiger partial charge is 0.494 e. The summed E-state index contributed by atoms with van der Waals surface area (Å²) in [6.45, 7) is 0. The third-order valence-electron chi connectivity index (χ3n) is 4.12. The molecule has 4 N–H and O–H groups in total. The van der Waals surface area contributed by atoms with Crippen LogP contribution in [0.25, 0.3) is 33.1 Å². The monoisotopic (exact) mass is 399 g/mol. The quantitative estimate of drug-likeness (QED) is 0.367. The SMILES string of the molecule is O=Nc1c(-c2c(O)[nH]c3c(Br)cccc23)[nH]c2cc(C(=O)O)ccc12. The van der Waals surface area contributed by atoms with Gasteiger partial charge in [0.15, 0.2) is 5.88 Å². The lowest BCUT2D eigenvalue weighted by Gasteiger charge is -1.99. The van der Waals surface area contributed by atoms with Crippen molar-refractivity contribution in [1.82, 2.24) is 9.97 Å². The Morgan fingerprint density at radius 2 is 1.92 bits per heavy atom. The maximum absolute atomic E-state index is 11.4. The van der Waals surface area contributed by atoms with Gasteiger partial charge < -0.3 is 20.2 Å². The van der Waals surface area contributed by atoms with E-state index in [1.807, 2.05) is 12.1 Å². The Balaban J connectivity index is 2.08. The van der Waals surface area contributed by atoms with E-state index in [9.17, 15) is 14.8 Å². The molecule has 25 heavy (non-hydrogen) atoms. The minimum atomic E-state index is -1.07. The molecule has 0 unspecified atom stereocenters. The van der Waals surface area contributed by atoms with Gasteiger partial charge in [-0.3, -0.25) is 0 Å². The fraction of sp³-hybridized carbons (Fsp3) is 0. The molecule has 2 aromatic heterocycles. The van der Waals surface area contributed by atoms with Crippen LogP contribution in [0.5, 0.6) is 5.88 Å². The molecule has 0 fully saturated rings. The molecule has 0 amide bonds. The molecule has 0 saturated heterocycles. The fourth-order valence-corrected chi connectivity index (χ4v) is 3.48. The van der Waals surface area contributed by atoms with Crippen LogP contribution in [0, 0.1) is 4.91 Å². The zero-order chi connectivity index (χ0) is 17.7. The van der Waals surface area contributed by atoms with Gasteiger partial charge in [0.25, 0.3) is 0 Å². The summed E-state index contributed by atoms with van der Waals surface area (Å²) in [4.78, 5) is 28.5. The first-order chi connectivity index (χ1) is 12.0. The maximum atomic E-state index is 11.4. The van der Waals surface area contributed by atoms with Crippen LogP contribution in [0.4, 0.5) is 5.69 Å². The van der Waals surface area contributed by atoms with E-state index in [0.29, 0.717) is 33.1 Å². The number of hydrogen-bond acceptors (Lipinski definition) is 4. The average Bonchev–Trinajstić information content (AvgIpc) is 3.11. The molecule has 0 bridgehead atoms. The van der Waals surface area contributed by atoms with Crippen LogP contribution in [-0.4, -0.2) is 26.2 Å². The normalized spacial score (nSPS) is 11.2. The van der Waals surface area contributed by atoms with E-state index in [1.165, 1.54) is 18.2 Å². The second-order valence-corrected chi connectivity index (χ2v) is 6.37. The van der Waals surface area contributed by atoms with Crippen molar-refractivity contribution < 1.29 is 15.0 Å². The molecule has 124 valence electrons. The number of aromatic hydroxyl groups is 1. The van der Waals surface area contributed by atoms with Gasteiger partial charge in [-0.25, -0.2) is 4.79 Å². The van der Waals surface area contributed by atoms with Gasteiger partial charge in [-0.2, -0.15) is 0 Å². The highest BCUT2D eigenvalue weighted by atomic mass is 79.9. The minimum Gasteiger partial charge on any atom is -0.494 e. The van der Waals surface area contributed by atoms with E-state index in [2.05, 4.69) is 31.1 Å². The molecule has 2 heterocycles. The predicted molar refractivity (Wildman–Crippen MR) is 97.4 cm³/mol. The molecule has 8 heteroatoms. The number of H-pyrrole nitrogens is 2. The molecule has 2 aromatic carbocycles. The number of aromatic nitrogens is 2. The fourth-order valence-electron chi connectivity index (χ4n) is 3.01. The van der Waals surface area contributed by atoms with Gasteiger partial charge in [0, 0.05) is 20.8 Å². The van der Waals surface area contributed by atoms with Gasteiger partial charge in [-0.05, 0) is 45.4 Å². The number of para-hydroxylation sites is 1. The second kappa shape index (κ2) is 5.45. The Hall–Kier alpha value is -3.13. The average molecular weight is 400 g/mol. The van der Waals surface area contributed by atoms with Crippen molar-refractivity contribution in [2.75, 3.05) is 0 Å². The van der Waals surface area contributed by atoms with E-state index in [1.54, 1.807) is 6.07 Å². The number of benzene rings is 2. The van der Waals surface area contributed by atoms with Crippen molar-refractivity contribution in [3.8, 4) is 17.1 Å². The van der Waals surface area contributed by atoms with Gasteiger partial charge >= 0.3 is 5.97 Å². The topological polar surface area (TPSA) is 119 Å². The lowest BCUT2D eigenvalue weighted by atomic mass is 10.1. The maximum Gasteiger partial charge on any atom is 0.335 e. The summed E-state index contributed by atoms with van der Waals surface area (Å²) in [6, 6.07) is 9.79. The number of nitrogens with one attached hydrogen (secondary N) is 2. The molecular formula is C17H10BrN3O4. The second-order valence-electron chi connectivity index (χ2n) is 5.52. The molecule has 0 aliphatic rings. The van der Waals surface area contributed by atoms with Crippen LogP contribution in [0.15, 0.2) is 46.0 Å². The highest BCUT2D eigenvalue weighted by Gasteiger charge is 2.22. The lowest BCUT2D eigenvalue weighted by Crippen LogP contribution is -1.94. The number of rotatable bonds is 3. The predicted octanol–water partition coefficient (Wildman–Crippen LogP) is 4.88. The summed E-state index contributed by atoms with van der Waals surface area (Å²) in [7, 11) is 0. The molecular weight excluding hydrogens is 390 g/mol. The lowest BCUT2D eigenvalue weighted by molar-refractivity contribution is 0.0697. The smallest absolute Gasteiger partial charge is 0.335 e. The van der Waals surface area contributed by atoms with E-state index in [4.69, 9.17) is 5.11 Å². The Morgan fingerprint density at radius 3 is 2.64 bits per heavy atom. The van der Waals surface area contributed by atoms with Gasteiger partial charge in [0.2, 0.25) is 0 Å². The van der Waals surface area contributed by atoms with E-state index >= 15 is 0 Å². The molecule has 0 spiro atoms. The van der Waals surface area contributed by atoms with E-state index < -0.39 is 5.97 Å². The molecule has 0 atom stereocenters. The summed E-state index contributed by atoms with van der Waals surface area (Å²) in [5, 5.41) is 23.8. The number of carboxylic acids is 1. The minimum absolute atomic E-state index is 0.0867. The number of aromatic amines is 2. The van der Waals surface area contributed by atoms with Crippen molar-refractivity contribution in [2.45, 2.75) is 0 Å². The summed E-state index contributed by atoms with van der Waals surface area (Å²) >= 11 is 3.41. The Morgan fingerprint density at radius 1 is 1.12 bits per heavy atom. The number of fused-ring (bicyclic) bond motifs is 2. The van der Waals surface area contributed by atoms with Crippen LogP contribution >= 0.6 is 15.9 Å². The highest BCUT2D eigenvalue weighted by Crippen LogP contribution is 2.45. The summed E-state index contributed by atoms with van der Waals surface area (Å²) in [6.07, 6.45) is 0. The number of carbonyl (C=O) groups is 1. The van der Waals surface area contributed by atoms with Crippen molar-refractivity contribution in [3.05, 3.63) is 51.3 Å². The zero-order valence-electron chi connectivity index (χ0n) is 12.5. The molecule has 0 aliphatic carbocycles. The van der Waals surface area contributed by atoms with Gasteiger partial charge in [-0.1, -0.05) is 12.1 Å². The third-order valence-corrected chi connectivity index (χ3v) is 4.78. The number of halogens is 1. The Labute approximate surface area is 148 Å². The molecule has 4 aromatic rings. The number of hydrogen-bond donors (Lipinski definition) is 4. The van der Waals surface area contributed by atoms with Crippen LogP contribution in [0.1, 0.15) is 10.4 Å². The van der Waals surface area contributed by atoms with Crippen LogP contribution in [0.2, 0.25) is 0 Å². The molecule has 0 saturated carbocycles. The molecule has 7 nitrogen and oxygen atoms in total. The van der Waals surface area contributed by atoms with E-state index in [-0.39, 0.29) is 17.1 Å². The first-order valence-electron chi connectivity index (χ1n) is 7.23. The standard InChI is InChI=1S/C17H10BrN3O4/c18-10-3-1-2-9-12(16(22)20-13(9)10)15-14(21-25)8-5-4-7(17(23)24)6-11(8)19-15/h1-6,19-20,22H,(H,23,24). The first kappa shape index (κ1) is 15.4. The van der Waals surface area contributed by atoms with Crippen LogP contribution in [0.3, 0.4) is 0 Å². The number of carboxylic acid groups (broad SMARTS) is 1. The number of nitroso groups, excluding NO2 is 1. The van der Waals surface area contributed by atoms with Gasteiger partial charge in [-0.15, -0.1) is 4.91 Å². The summed E-state index contributed by atoms with van der Waals surface area (Å²) in [5.74, 6) is -1.19. The van der Waals surface area contributed by atoms with E-state index in [0.717, 1.165) is 4.47 Å². The van der Waals surface area contributed by atoms with Crippen molar-refractivity contribution in [3.63, 3.8) is 0 Å². The van der Waals surface area contributed by atoms with Crippen molar-refractivity contribution in [1.29, 1.82) is 0 Å². The zero-order valence-corrected chi connectivity index (χ0v) is 14.1. The highest BCUT2D eigenvalue weighted by molar-refractivity contribution is 9.10. The Bertz CT molecular complexity index is 1180. The van der Waals surface area contributed by atoms with Gasteiger partial charge in [0.05, 0.1) is 22.3 Å². The van der Waals surface area contributed by atoms with Crippen LogP contribution < -0.4 is 0 Å². The van der Waals surface area contributed by atoms with Crippen molar-refractivity contribution in [2.24, 2.45) is 5.18 Å². The number of nitrogens with zero attached hydrogens (tertiary/aromatic N) is 1. The third kappa shape index (κ3) is 2.22. The summed E-state index contributed by atoms with van der Waals surface area (Å²) in [5.41, 5.74) is 2.06. The van der Waals surface area contributed by atoms with Gasteiger partial charge in [0.1, 0.15) is 5.69 Å². The first-order valence-corrected chi connectivity index (χ1v) is 8.02. The molecule has 4 rings (SSSR count). The summed E-state index contributed by atoms with van der Waals surface area (Å²) < 4.78 is 0.761. The van der Waals surface area contributed by atoms with Crippen LogP contribution in [-0.2, 0) is 0 Å². The number of aromatic carboxylic acids is 1.